The highest BCUT2D eigenvalue weighted by Crippen LogP contribution is 2.48. The van der Waals surface area contributed by atoms with Gasteiger partial charge in [-0.1, -0.05) is 28.7 Å². The lowest BCUT2D eigenvalue weighted by Gasteiger charge is -2.62. The summed E-state index contributed by atoms with van der Waals surface area (Å²) in [6, 6.07) is 0. The van der Waals surface area contributed by atoms with Crippen LogP contribution < -0.4 is 5.32 Å². The standard InChI is InChI=1S/C17H31NO7.2CH4/c1-8-10(2)13(20)24-9-12-14(4,21)16(6,22)15(5,18-11(3)19)17(7,23)25-12;;/h10,12,21-23H,8-9H2,1-7H3,(H,18,19);2*1H4. The van der Waals surface area contributed by atoms with E-state index in [0.717, 1.165) is 0 Å². The molecule has 1 rings (SSSR count). The van der Waals surface area contributed by atoms with Gasteiger partial charge in [0, 0.05) is 6.92 Å². The van der Waals surface area contributed by atoms with Crippen molar-refractivity contribution in [2.24, 2.45) is 5.92 Å². The number of rotatable bonds is 5. The minimum absolute atomic E-state index is 0. The highest BCUT2D eigenvalue weighted by molar-refractivity contribution is 5.74. The van der Waals surface area contributed by atoms with Crippen LogP contribution in [0.1, 0.15) is 69.7 Å². The third-order valence-electron chi connectivity index (χ3n) is 5.70. The van der Waals surface area contributed by atoms with Crippen LogP contribution in [0.2, 0.25) is 0 Å². The van der Waals surface area contributed by atoms with Gasteiger partial charge in [-0.2, -0.15) is 0 Å². The van der Waals surface area contributed by atoms with Crippen LogP contribution in [0.5, 0.6) is 0 Å². The number of esters is 1. The van der Waals surface area contributed by atoms with Crippen LogP contribution in [0.25, 0.3) is 0 Å². The molecule has 8 heteroatoms. The van der Waals surface area contributed by atoms with E-state index in [4.69, 9.17) is 9.47 Å². The molecule has 6 atom stereocenters. The van der Waals surface area contributed by atoms with Gasteiger partial charge in [-0.25, -0.2) is 0 Å². The van der Waals surface area contributed by atoms with Crippen LogP contribution in [-0.4, -0.2) is 62.4 Å². The van der Waals surface area contributed by atoms with E-state index in [-0.39, 0.29) is 27.4 Å². The molecule has 1 amide bonds. The van der Waals surface area contributed by atoms with Crippen molar-refractivity contribution in [2.45, 2.75) is 98.4 Å². The molecule has 0 aromatic rings. The maximum absolute atomic E-state index is 11.9. The molecule has 1 aliphatic rings. The number of hydrogen-bond donors (Lipinski definition) is 4. The summed E-state index contributed by atoms with van der Waals surface area (Å²) in [7, 11) is 0. The number of amides is 1. The lowest BCUT2D eigenvalue weighted by molar-refractivity contribution is -0.386. The zero-order valence-electron chi connectivity index (χ0n) is 16.0. The molecule has 162 valence electrons. The molecule has 27 heavy (non-hydrogen) atoms. The smallest absolute Gasteiger partial charge is 0.308 e. The van der Waals surface area contributed by atoms with Gasteiger partial charge >= 0.3 is 5.97 Å². The molecule has 1 fully saturated rings. The van der Waals surface area contributed by atoms with Crippen molar-refractivity contribution in [3.63, 3.8) is 0 Å². The number of nitrogens with one attached hydrogen (secondary N) is 1. The average molecular weight is 394 g/mol. The fraction of sp³-hybridized carbons (Fsp3) is 0.895. The number of hydrogen-bond acceptors (Lipinski definition) is 7. The molecular weight excluding hydrogens is 354 g/mol. The van der Waals surface area contributed by atoms with Crippen molar-refractivity contribution >= 4 is 11.9 Å². The molecule has 0 bridgehead atoms. The molecule has 1 saturated heterocycles. The van der Waals surface area contributed by atoms with Crippen molar-refractivity contribution in [1.82, 2.24) is 5.32 Å². The van der Waals surface area contributed by atoms with Gasteiger partial charge in [0.25, 0.3) is 0 Å². The molecule has 1 aliphatic heterocycles. The fourth-order valence-corrected chi connectivity index (χ4v) is 3.03. The zero-order valence-corrected chi connectivity index (χ0v) is 16.0. The highest BCUT2D eigenvalue weighted by atomic mass is 16.7. The van der Waals surface area contributed by atoms with Crippen molar-refractivity contribution < 1.29 is 34.4 Å². The Morgan fingerprint density at radius 3 is 2.04 bits per heavy atom. The van der Waals surface area contributed by atoms with E-state index in [1.807, 2.05) is 6.92 Å². The zero-order chi connectivity index (χ0) is 19.8. The Bertz CT molecular complexity index is 530. The topological polar surface area (TPSA) is 125 Å². The second kappa shape index (κ2) is 8.86. The first-order valence-electron chi connectivity index (χ1n) is 8.44. The Labute approximate surface area is 163 Å². The summed E-state index contributed by atoms with van der Waals surface area (Å²) < 4.78 is 10.7. The summed E-state index contributed by atoms with van der Waals surface area (Å²) in [5, 5.41) is 35.2. The molecule has 6 unspecified atom stereocenters. The van der Waals surface area contributed by atoms with Gasteiger partial charge in [-0.05, 0) is 34.1 Å². The first-order valence-corrected chi connectivity index (χ1v) is 8.44. The van der Waals surface area contributed by atoms with E-state index in [1.54, 1.807) is 6.92 Å². The summed E-state index contributed by atoms with van der Waals surface area (Å²) in [5.41, 5.74) is -5.64. The van der Waals surface area contributed by atoms with Crippen molar-refractivity contribution in [2.75, 3.05) is 6.61 Å². The highest BCUT2D eigenvalue weighted by Gasteiger charge is 2.70. The van der Waals surface area contributed by atoms with Crippen LogP contribution in [0.15, 0.2) is 0 Å². The molecule has 0 saturated carbocycles. The predicted octanol–water partition coefficient (Wildman–Crippen LogP) is 1.35. The van der Waals surface area contributed by atoms with Gasteiger partial charge < -0.3 is 30.1 Å². The van der Waals surface area contributed by atoms with Crippen molar-refractivity contribution in [3.8, 4) is 0 Å². The average Bonchev–Trinajstić information content (AvgIpc) is 2.47. The van der Waals surface area contributed by atoms with E-state index in [2.05, 4.69) is 5.32 Å². The van der Waals surface area contributed by atoms with Crippen LogP contribution in [0.4, 0.5) is 0 Å². The molecule has 1 heterocycles. The number of carbonyl (C=O) groups excluding carboxylic acids is 2. The Morgan fingerprint density at radius 1 is 1.15 bits per heavy atom. The van der Waals surface area contributed by atoms with E-state index in [9.17, 15) is 24.9 Å². The van der Waals surface area contributed by atoms with Gasteiger partial charge in [-0.3, -0.25) is 9.59 Å². The first-order chi connectivity index (χ1) is 11.1. The second-order valence-electron chi connectivity index (χ2n) is 7.55. The van der Waals surface area contributed by atoms with Gasteiger partial charge in [0.1, 0.15) is 29.5 Å². The van der Waals surface area contributed by atoms with Gasteiger partial charge in [-0.15, -0.1) is 0 Å². The summed E-state index contributed by atoms with van der Waals surface area (Å²) in [5.74, 6) is -3.32. The lowest BCUT2D eigenvalue weighted by Crippen LogP contribution is -2.85. The van der Waals surface area contributed by atoms with Crippen molar-refractivity contribution in [3.05, 3.63) is 0 Å². The van der Waals surface area contributed by atoms with E-state index < -0.39 is 40.5 Å². The maximum Gasteiger partial charge on any atom is 0.308 e. The first kappa shape index (κ1) is 28.0. The number of carbonyl (C=O) groups is 2. The molecule has 8 nitrogen and oxygen atoms in total. The van der Waals surface area contributed by atoms with Gasteiger partial charge in [0.05, 0.1) is 5.92 Å². The minimum Gasteiger partial charge on any atom is -0.463 e. The molecule has 0 spiro atoms. The molecule has 0 aliphatic carbocycles. The number of aliphatic hydroxyl groups is 3. The SMILES string of the molecule is C.C.CCC(C)C(=O)OCC1OC(C)(O)C(C)(NC(C)=O)C(C)(O)C1(C)O. The second-order valence-corrected chi connectivity index (χ2v) is 7.55. The lowest BCUT2D eigenvalue weighted by atomic mass is 9.63. The predicted molar refractivity (Wildman–Crippen MR) is 103 cm³/mol. The molecule has 4 N–H and O–H groups in total. The largest absolute Gasteiger partial charge is 0.463 e. The quantitative estimate of drug-likeness (QED) is 0.520. The van der Waals surface area contributed by atoms with Crippen LogP contribution in [-0.2, 0) is 19.1 Å². The van der Waals surface area contributed by atoms with Crippen LogP contribution >= 0.6 is 0 Å². The minimum atomic E-state index is -2.03. The number of ether oxygens (including phenoxy) is 2. The summed E-state index contributed by atoms with van der Waals surface area (Å²) in [6.45, 7) is 9.69. The molecular formula is C19H39NO7. The Hall–Kier alpha value is -1.22. The molecule has 0 aromatic carbocycles. The van der Waals surface area contributed by atoms with E-state index >= 15 is 0 Å². The third-order valence-corrected chi connectivity index (χ3v) is 5.70. The Balaban J connectivity index is 0. The Kier molecular flexibility index (Phi) is 9.18. The van der Waals surface area contributed by atoms with Crippen LogP contribution in [0, 0.1) is 5.92 Å². The summed E-state index contributed by atoms with van der Waals surface area (Å²) >= 11 is 0. The molecule has 0 aromatic heterocycles. The van der Waals surface area contributed by atoms with Crippen molar-refractivity contribution in [1.29, 1.82) is 0 Å². The summed E-state index contributed by atoms with van der Waals surface area (Å²) in [6.07, 6.45) is -0.608. The van der Waals surface area contributed by atoms with E-state index in [0.29, 0.717) is 6.42 Å². The normalized spacial score (nSPS) is 39.4. The Morgan fingerprint density at radius 2 is 1.63 bits per heavy atom. The third kappa shape index (κ3) is 4.62. The summed E-state index contributed by atoms with van der Waals surface area (Å²) in [4.78, 5) is 23.5. The fourth-order valence-electron chi connectivity index (χ4n) is 3.03. The maximum atomic E-state index is 11.9. The van der Waals surface area contributed by atoms with Gasteiger partial charge in [0.2, 0.25) is 5.91 Å². The van der Waals surface area contributed by atoms with E-state index in [1.165, 1.54) is 34.6 Å². The molecule has 0 radical (unpaired) electrons. The van der Waals surface area contributed by atoms with Gasteiger partial charge in [0.15, 0.2) is 5.79 Å². The monoisotopic (exact) mass is 393 g/mol. The van der Waals surface area contributed by atoms with Crippen LogP contribution in [0.3, 0.4) is 0 Å².